The van der Waals surface area contributed by atoms with E-state index in [1.54, 1.807) is 18.2 Å². The number of carbonyl (C=O) groups excluding carboxylic acids is 1. The lowest BCUT2D eigenvalue weighted by molar-refractivity contribution is 0.102. The van der Waals surface area contributed by atoms with Crippen molar-refractivity contribution < 1.29 is 13.6 Å². The number of nitrogens with one attached hydrogen (secondary N) is 1. The number of anilines is 1. The minimum absolute atomic E-state index is 0.0664. The first-order chi connectivity index (χ1) is 13.9. The number of rotatable bonds is 3. The van der Waals surface area contributed by atoms with Crippen LogP contribution in [0.4, 0.5) is 10.3 Å². The molecule has 29 heavy (non-hydrogen) atoms. The van der Waals surface area contributed by atoms with Crippen molar-refractivity contribution in [2.45, 2.75) is 13.8 Å². The Morgan fingerprint density at radius 2 is 1.69 bits per heavy atom. The molecule has 1 amide bonds. The summed E-state index contributed by atoms with van der Waals surface area (Å²) in [4.78, 5) is 26.0. The smallest absolute Gasteiger partial charge is 0.257 e. The molecule has 0 saturated heterocycles. The zero-order valence-electron chi connectivity index (χ0n) is 16.0. The molecule has 3 aromatic carbocycles. The van der Waals surface area contributed by atoms with Crippen LogP contribution in [0, 0.1) is 19.7 Å². The Hall–Kier alpha value is -3.73. The molecular weight excluding hydrogens is 369 g/mol. The van der Waals surface area contributed by atoms with Crippen LogP contribution < -0.4 is 10.7 Å². The largest absolute Gasteiger partial charge is 0.439 e. The number of fused-ring (bicyclic) bond motifs is 1. The molecule has 0 bridgehead atoms. The molecule has 1 aromatic heterocycles. The van der Waals surface area contributed by atoms with E-state index in [9.17, 15) is 14.0 Å². The third-order valence-corrected chi connectivity index (χ3v) is 4.75. The van der Waals surface area contributed by atoms with Crippen LogP contribution in [-0.2, 0) is 0 Å². The molecule has 0 aliphatic rings. The van der Waals surface area contributed by atoms with Crippen molar-refractivity contribution >= 4 is 22.8 Å². The van der Waals surface area contributed by atoms with Crippen LogP contribution >= 0.6 is 0 Å². The normalized spacial score (nSPS) is 10.9. The van der Waals surface area contributed by atoms with Gasteiger partial charge in [0.25, 0.3) is 5.91 Å². The molecule has 4 nitrogen and oxygen atoms in total. The van der Waals surface area contributed by atoms with Gasteiger partial charge in [0.15, 0.2) is 0 Å². The standard InChI is InChI=1S/C24H18FNO3/c1-14-5-3-7-17(13-14)20-21(27)19-8-4-6-15(2)22(19)29-24(20)26-23(28)16-9-11-18(25)12-10-16/h3-13H,1-2H3,(H,26,28). The van der Waals surface area contributed by atoms with Crippen molar-refractivity contribution in [2.24, 2.45) is 0 Å². The monoisotopic (exact) mass is 387 g/mol. The fourth-order valence-corrected chi connectivity index (χ4v) is 3.28. The van der Waals surface area contributed by atoms with E-state index in [0.29, 0.717) is 16.5 Å². The molecular formula is C24H18FNO3. The Morgan fingerprint density at radius 3 is 2.41 bits per heavy atom. The van der Waals surface area contributed by atoms with Gasteiger partial charge in [-0.05, 0) is 55.3 Å². The van der Waals surface area contributed by atoms with E-state index in [1.807, 2.05) is 38.1 Å². The molecule has 1 N–H and O–H groups in total. The van der Waals surface area contributed by atoms with Crippen molar-refractivity contribution in [2.75, 3.05) is 5.32 Å². The lowest BCUT2D eigenvalue weighted by Gasteiger charge is -2.13. The van der Waals surface area contributed by atoms with E-state index >= 15 is 0 Å². The summed E-state index contributed by atoms with van der Waals surface area (Å²) in [6, 6.07) is 17.9. The van der Waals surface area contributed by atoms with E-state index in [0.717, 1.165) is 11.1 Å². The lowest BCUT2D eigenvalue weighted by Crippen LogP contribution is -2.16. The van der Waals surface area contributed by atoms with Crippen molar-refractivity contribution in [3.63, 3.8) is 0 Å². The summed E-state index contributed by atoms with van der Waals surface area (Å²) in [5, 5.41) is 3.14. The minimum Gasteiger partial charge on any atom is -0.439 e. The lowest BCUT2D eigenvalue weighted by atomic mass is 10.0. The molecule has 5 heteroatoms. The van der Waals surface area contributed by atoms with E-state index in [2.05, 4.69) is 5.32 Å². The third kappa shape index (κ3) is 3.55. The molecule has 0 aliphatic carbocycles. The first-order valence-corrected chi connectivity index (χ1v) is 9.14. The van der Waals surface area contributed by atoms with Gasteiger partial charge < -0.3 is 4.42 Å². The fraction of sp³-hybridized carbons (Fsp3) is 0.0833. The number of carbonyl (C=O) groups is 1. The molecule has 0 fully saturated rings. The van der Waals surface area contributed by atoms with Crippen LogP contribution in [0.25, 0.3) is 22.1 Å². The van der Waals surface area contributed by atoms with Crippen LogP contribution in [0.1, 0.15) is 21.5 Å². The Morgan fingerprint density at radius 1 is 0.966 bits per heavy atom. The fourth-order valence-electron chi connectivity index (χ4n) is 3.28. The number of para-hydroxylation sites is 1. The van der Waals surface area contributed by atoms with Crippen molar-refractivity contribution in [3.8, 4) is 11.1 Å². The van der Waals surface area contributed by atoms with Gasteiger partial charge in [0, 0.05) is 5.56 Å². The Kier molecular flexibility index (Phi) is 4.72. The summed E-state index contributed by atoms with van der Waals surface area (Å²) in [6.45, 7) is 3.76. The van der Waals surface area contributed by atoms with Crippen LogP contribution in [0.2, 0.25) is 0 Å². The number of hydrogen-bond donors (Lipinski definition) is 1. The third-order valence-electron chi connectivity index (χ3n) is 4.75. The number of hydrogen-bond acceptors (Lipinski definition) is 3. The molecule has 0 aliphatic heterocycles. The number of aryl methyl sites for hydroxylation is 2. The molecule has 0 saturated carbocycles. The molecule has 0 unspecified atom stereocenters. The predicted octanol–water partition coefficient (Wildman–Crippen LogP) is 5.47. The van der Waals surface area contributed by atoms with Gasteiger partial charge >= 0.3 is 0 Å². The Balaban J connectivity index is 1.92. The maximum Gasteiger partial charge on any atom is 0.257 e. The van der Waals surface area contributed by atoms with Crippen molar-refractivity contribution in [1.29, 1.82) is 0 Å². The van der Waals surface area contributed by atoms with Gasteiger partial charge in [0.1, 0.15) is 11.4 Å². The van der Waals surface area contributed by atoms with Crippen LogP contribution in [0.5, 0.6) is 0 Å². The minimum atomic E-state index is -0.491. The van der Waals surface area contributed by atoms with Crippen LogP contribution in [0.3, 0.4) is 0 Å². The van der Waals surface area contributed by atoms with E-state index in [-0.39, 0.29) is 22.4 Å². The molecule has 4 rings (SSSR count). The average molecular weight is 387 g/mol. The van der Waals surface area contributed by atoms with Crippen molar-refractivity contribution in [1.82, 2.24) is 0 Å². The highest BCUT2D eigenvalue weighted by Gasteiger charge is 2.20. The molecule has 0 atom stereocenters. The SMILES string of the molecule is Cc1cccc(-c2c(NC(=O)c3ccc(F)cc3)oc3c(C)cccc3c2=O)c1. The van der Waals surface area contributed by atoms with E-state index < -0.39 is 11.7 Å². The average Bonchev–Trinajstić information content (AvgIpc) is 2.69. The molecule has 4 aromatic rings. The first kappa shape index (κ1) is 18.6. The summed E-state index contributed by atoms with van der Waals surface area (Å²) in [5.41, 5.74) is 3.14. The van der Waals surface area contributed by atoms with Crippen LogP contribution in [-0.4, -0.2) is 5.91 Å². The zero-order chi connectivity index (χ0) is 20.5. The highest BCUT2D eigenvalue weighted by molar-refractivity contribution is 6.06. The van der Waals surface area contributed by atoms with Gasteiger partial charge in [-0.15, -0.1) is 0 Å². The second kappa shape index (κ2) is 7.36. The van der Waals surface area contributed by atoms with Crippen LogP contribution in [0.15, 0.2) is 75.9 Å². The van der Waals surface area contributed by atoms with Gasteiger partial charge in [0.05, 0.1) is 10.9 Å². The van der Waals surface area contributed by atoms with Gasteiger partial charge in [-0.2, -0.15) is 0 Å². The van der Waals surface area contributed by atoms with Crippen molar-refractivity contribution in [3.05, 3.63) is 99.5 Å². The summed E-state index contributed by atoms with van der Waals surface area (Å²) in [5.74, 6) is -0.860. The molecule has 1 heterocycles. The quantitative estimate of drug-likeness (QED) is 0.507. The maximum absolute atomic E-state index is 13.3. The second-order valence-electron chi connectivity index (χ2n) is 6.92. The predicted molar refractivity (Wildman–Crippen MR) is 112 cm³/mol. The summed E-state index contributed by atoms with van der Waals surface area (Å²) >= 11 is 0. The van der Waals surface area contributed by atoms with E-state index in [1.165, 1.54) is 24.3 Å². The second-order valence-corrected chi connectivity index (χ2v) is 6.92. The molecule has 144 valence electrons. The first-order valence-electron chi connectivity index (χ1n) is 9.14. The van der Waals surface area contributed by atoms with Gasteiger partial charge in [-0.1, -0.05) is 42.0 Å². The topological polar surface area (TPSA) is 59.3 Å². The highest BCUT2D eigenvalue weighted by atomic mass is 19.1. The maximum atomic E-state index is 13.3. The van der Waals surface area contributed by atoms with Gasteiger partial charge in [0.2, 0.25) is 11.3 Å². The summed E-state index contributed by atoms with van der Waals surface area (Å²) in [7, 11) is 0. The summed E-state index contributed by atoms with van der Waals surface area (Å²) < 4.78 is 19.2. The number of benzene rings is 3. The Bertz CT molecular complexity index is 1290. The Labute approximate surface area is 166 Å². The summed E-state index contributed by atoms with van der Waals surface area (Å²) in [6.07, 6.45) is 0. The van der Waals surface area contributed by atoms with Gasteiger partial charge in [-0.3, -0.25) is 14.9 Å². The molecule has 0 spiro atoms. The molecule has 0 radical (unpaired) electrons. The number of amides is 1. The number of halogens is 1. The zero-order valence-corrected chi connectivity index (χ0v) is 16.0. The van der Waals surface area contributed by atoms with E-state index in [4.69, 9.17) is 4.42 Å². The highest BCUT2D eigenvalue weighted by Crippen LogP contribution is 2.30. The van der Waals surface area contributed by atoms with Gasteiger partial charge in [-0.25, -0.2) is 4.39 Å².